The molecule has 0 spiro atoms. The van der Waals surface area contributed by atoms with Crippen LogP contribution >= 0.6 is 0 Å². The fraction of sp³-hybridized carbons (Fsp3) is 0. The summed E-state index contributed by atoms with van der Waals surface area (Å²) in [6.45, 7) is 0. The summed E-state index contributed by atoms with van der Waals surface area (Å²) in [6, 6.07) is 18.5. The summed E-state index contributed by atoms with van der Waals surface area (Å²) < 4.78 is 33.7. The van der Waals surface area contributed by atoms with E-state index in [-0.39, 0.29) is 16.8 Å². The molecule has 0 fully saturated rings. The summed E-state index contributed by atoms with van der Waals surface area (Å²) in [7, 11) is -4.75. The fourth-order valence-electron chi connectivity index (χ4n) is 4.13. The van der Waals surface area contributed by atoms with E-state index in [2.05, 4.69) is 21.1 Å². The van der Waals surface area contributed by atoms with Gasteiger partial charge in [0.2, 0.25) is 5.78 Å². The first-order valence-corrected chi connectivity index (χ1v) is 13.6. The summed E-state index contributed by atoms with van der Waals surface area (Å²) in [4.78, 5) is 35.1. The van der Waals surface area contributed by atoms with Gasteiger partial charge in [0, 0.05) is 11.3 Å². The molecule has 12 nitrogen and oxygen atoms in total. The van der Waals surface area contributed by atoms with E-state index in [1.807, 2.05) is 12.1 Å². The Morgan fingerprint density at radius 3 is 1.98 bits per heavy atom. The smallest absolute Gasteiger partial charge is 0.339 e. The number of aliphatic carboxylic acids is 1. The lowest BCUT2D eigenvalue weighted by molar-refractivity contribution is -0.134. The van der Waals surface area contributed by atoms with E-state index in [0.717, 1.165) is 23.3 Å². The molecule has 2 aliphatic rings. The van der Waals surface area contributed by atoms with Crippen LogP contribution < -0.4 is 16.6 Å². The van der Waals surface area contributed by atoms with Crippen molar-refractivity contribution < 1.29 is 32.5 Å². The van der Waals surface area contributed by atoms with Gasteiger partial charge in [0.05, 0.1) is 17.1 Å². The summed E-state index contributed by atoms with van der Waals surface area (Å²) >= 11 is 0. The topological polar surface area (TPSA) is 201 Å². The van der Waals surface area contributed by atoms with Crippen molar-refractivity contribution in [1.82, 2.24) is 0 Å². The van der Waals surface area contributed by atoms with Gasteiger partial charge in [0.15, 0.2) is 11.5 Å². The average molecular weight is 584 g/mol. The lowest BCUT2D eigenvalue weighted by Gasteiger charge is -2.16. The van der Waals surface area contributed by atoms with Crippen molar-refractivity contribution in [2.75, 3.05) is 16.6 Å². The number of allylic oxidation sites excluding steroid dienone is 4. The van der Waals surface area contributed by atoms with E-state index >= 15 is 0 Å². The van der Waals surface area contributed by atoms with Crippen molar-refractivity contribution in [3.05, 3.63) is 107 Å². The molecule has 13 heteroatoms. The van der Waals surface area contributed by atoms with Crippen molar-refractivity contribution in [3.63, 3.8) is 0 Å². The first-order valence-electron chi connectivity index (χ1n) is 12.2. The lowest BCUT2D eigenvalue weighted by Crippen LogP contribution is -2.27. The van der Waals surface area contributed by atoms with Crippen molar-refractivity contribution in [2.45, 2.75) is 0 Å². The molecule has 3 aromatic carbocycles. The number of Topliss-reactive ketones (excluding diaryl/α,β-unsaturated/α-hetero) is 1. The van der Waals surface area contributed by atoms with Crippen LogP contribution in [0.4, 0.5) is 17.1 Å². The third kappa shape index (κ3) is 5.91. The first kappa shape index (κ1) is 27.9. The molecule has 0 atom stereocenters. The van der Waals surface area contributed by atoms with Crippen molar-refractivity contribution >= 4 is 62.2 Å². The number of nitrogens with two attached hydrogens (primary N) is 1. The zero-order chi connectivity index (χ0) is 30.0. The minimum absolute atomic E-state index is 0.161. The quantitative estimate of drug-likeness (QED) is 0.0897. The third-order valence-corrected chi connectivity index (χ3v) is 7.11. The summed E-state index contributed by atoms with van der Waals surface area (Å²) in [5, 5.41) is 17.2. The number of nitrogens with one attached hydrogen (secondary N) is 2. The van der Waals surface area contributed by atoms with Gasteiger partial charge < -0.3 is 10.8 Å². The Bertz CT molecular complexity index is 1900. The van der Waals surface area contributed by atoms with Crippen LogP contribution in [0.2, 0.25) is 0 Å². The maximum Gasteiger partial charge on any atom is 0.339 e. The predicted molar refractivity (Wildman–Crippen MR) is 159 cm³/mol. The van der Waals surface area contributed by atoms with E-state index < -0.39 is 38.3 Å². The number of benzene rings is 3. The average Bonchev–Trinajstić information content (AvgIpc) is 2.96. The van der Waals surface area contributed by atoms with Crippen LogP contribution in [0.5, 0.6) is 0 Å². The molecule has 5 rings (SSSR count). The second-order valence-electron chi connectivity index (χ2n) is 9.10. The molecule has 0 saturated carbocycles. The van der Waals surface area contributed by atoms with Gasteiger partial charge in [-0.25, -0.2) is 4.79 Å². The number of ketones is 2. The Kier molecular flexibility index (Phi) is 7.35. The number of carboxylic acid groups (broad SMARTS) is 1. The molecule has 0 amide bonds. The summed E-state index contributed by atoms with van der Waals surface area (Å²) in [6.07, 6.45) is 4.90. The highest BCUT2D eigenvalue weighted by molar-refractivity contribution is 7.91. The van der Waals surface area contributed by atoms with Crippen molar-refractivity contribution in [3.8, 4) is 11.1 Å². The minimum Gasteiger partial charge on any atom is -0.478 e. The molecule has 0 heterocycles. The Labute approximate surface area is 239 Å². The van der Waals surface area contributed by atoms with E-state index in [1.54, 1.807) is 36.4 Å². The number of carbonyl (C=O) groups excluding carboxylic acids is 2. The molecule has 0 radical (unpaired) electrons. The van der Waals surface area contributed by atoms with E-state index in [9.17, 15) is 27.4 Å². The van der Waals surface area contributed by atoms with Crippen LogP contribution in [-0.2, 0) is 19.7 Å². The second kappa shape index (κ2) is 11.1. The Balaban J connectivity index is 1.30. The molecule has 2 aliphatic carbocycles. The van der Waals surface area contributed by atoms with Gasteiger partial charge in [-0.15, -0.1) is 0 Å². The standard InChI is InChI=1S/C29H21N5O7S/c30-19-6-1-18-13-26(42(39,40)41)27(28(36)23(18)14-19)34-32-21-9-4-17(5-10-21)16-2-7-20(8-3-16)31-33-22-11-12-25(35)24(15-22)29(37)38/h1-15,31-32H,30H2,(H,37,38)(H,39,40,41). The Morgan fingerprint density at radius 1 is 0.810 bits per heavy atom. The van der Waals surface area contributed by atoms with Gasteiger partial charge in [-0.2, -0.15) is 18.6 Å². The van der Waals surface area contributed by atoms with Crippen LogP contribution in [0.3, 0.4) is 0 Å². The van der Waals surface area contributed by atoms with Crippen molar-refractivity contribution in [2.24, 2.45) is 10.2 Å². The van der Waals surface area contributed by atoms with E-state index in [0.29, 0.717) is 22.6 Å². The highest BCUT2D eigenvalue weighted by atomic mass is 32.2. The third-order valence-electron chi connectivity index (χ3n) is 6.24. The molecule has 3 aromatic rings. The molecule has 0 aromatic heterocycles. The zero-order valence-corrected chi connectivity index (χ0v) is 22.3. The highest BCUT2D eigenvalue weighted by Gasteiger charge is 2.33. The maximum absolute atomic E-state index is 13.0. The highest BCUT2D eigenvalue weighted by Crippen LogP contribution is 2.28. The number of hydrazone groups is 2. The van der Waals surface area contributed by atoms with Gasteiger partial charge in [0.1, 0.15) is 10.5 Å². The van der Waals surface area contributed by atoms with Crippen LogP contribution in [-0.4, -0.2) is 47.0 Å². The number of fused-ring (bicyclic) bond motifs is 1. The van der Waals surface area contributed by atoms with Gasteiger partial charge in [-0.1, -0.05) is 30.3 Å². The molecule has 0 aliphatic heterocycles. The molecule has 0 saturated heterocycles. The number of anilines is 3. The summed E-state index contributed by atoms with van der Waals surface area (Å²) in [5.41, 5.74) is 14.2. The molecular weight excluding hydrogens is 562 g/mol. The molecule has 42 heavy (non-hydrogen) atoms. The van der Waals surface area contributed by atoms with Crippen LogP contribution in [0.15, 0.2) is 106 Å². The van der Waals surface area contributed by atoms with E-state index in [1.165, 1.54) is 30.4 Å². The Morgan fingerprint density at radius 2 is 1.40 bits per heavy atom. The summed E-state index contributed by atoms with van der Waals surface area (Å²) in [5.74, 6) is -2.63. The largest absolute Gasteiger partial charge is 0.478 e. The number of nitrogen functional groups attached to an aromatic ring is 1. The molecule has 0 unspecified atom stereocenters. The number of hydrogen-bond donors (Lipinski definition) is 5. The van der Waals surface area contributed by atoms with Gasteiger partial charge in [-0.3, -0.25) is 25.0 Å². The van der Waals surface area contributed by atoms with Gasteiger partial charge in [0.25, 0.3) is 10.1 Å². The molecule has 6 N–H and O–H groups in total. The Hall–Kier alpha value is -5.66. The maximum atomic E-state index is 13.0. The lowest BCUT2D eigenvalue weighted by atomic mass is 9.94. The number of carbonyl (C=O) groups is 3. The first-order chi connectivity index (χ1) is 20.0. The normalized spacial score (nSPS) is 16.6. The number of hydrogen-bond acceptors (Lipinski definition) is 10. The molecule has 0 bridgehead atoms. The van der Waals surface area contributed by atoms with Crippen LogP contribution in [0, 0.1) is 0 Å². The van der Waals surface area contributed by atoms with Crippen molar-refractivity contribution in [1.29, 1.82) is 0 Å². The molecular formula is C29H21N5O7S. The number of nitrogens with zero attached hydrogens (tertiary/aromatic N) is 2. The fourth-order valence-corrected chi connectivity index (χ4v) is 4.79. The SMILES string of the molecule is Nc1ccc2c(c1)C(=O)C(=NNc1ccc(-c3ccc(NN=C4C=CC(=O)C(C(=O)O)=C4)cc3)cc1)C(S(=O)(=O)O)=C2. The number of carboxylic acids is 1. The van der Waals surface area contributed by atoms with E-state index in [4.69, 9.17) is 10.8 Å². The molecule has 210 valence electrons. The van der Waals surface area contributed by atoms with Crippen LogP contribution in [0.1, 0.15) is 15.9 Å². The number of rotatable bonds is 7. The monoisotopic (exact) mass is 583 g/mol. The van der Waals surface area contributed by atoms with Crippen LogP contribution in [0.25, 0.3) is 17.2 Å². The minimum atomic E-state index is -4.75. The predicted octanol–water partition coefficient (Wildman–Crippen LogP) is 3.75. The second-order valence-corrected chi connectivity index (χ2v) is 10.5. The zero-order valence-electron chi connectivity index (χ0n) is 21.5. The van der Waals surface area contributed by atoms with Gasteiger partial charge >= 0.3 is 5.97 Å². The van der Waals surface area contributed by atoms with Gasteiger partial charge in [-0.05, 0) is 77.4 Å².